The zero-order chi connectivity index (χ0) is 30.2. The van der Waals surface area contributed by atoms with Crippen molar-refractivity contribution < 1.29 is 64.1 Å². The molecule has 8 nitrogen and oxygen atoms in total. The molecule has 1 aromatic carbocycles. The number of carbonyl (C=O) groups is 2. The van der Waals surface area contributed by atoms with Crippen molar-refractivity contribution in [3.63, 3.8) is 0 Å². The highest BCUT2D eigenvalue weighted by Crippen LogP contribution is 2.37. The van der Waals surface area contributed by atoms with Gasteiger partial charge in [-0.25, -0.2) is 9.59 Å². The number of halogens is 9. The lowest BCUT2D eigenvalue weighted by atomic mass is 9.68. The number of hydrogen-bond acceptors (Lipinski definition) is 6. The summed E-state index contributed by atoms with van der Waals surface area (Å²) < 4.78 is 104. The van der Waals surface area contributed by atoms with E-state index in [-0.39, 0.29) is 17.3 Å². The van der Waals surface area contributed by atoms with Crippen molar-refractivity contribution in [1.82, 2.24) is 0 Å². The predicted octanol–water partition coefficient (Wildman–Crippen LogP) is 4.67. The Morgan fingerprint density at radius 3 is 1.77 bits per heavy atom. The Hall–Kier alpha value is -2.95. The Kier molecular flexibility index (Phi) is 11.7. The van der Waals surface area contributed by atoms with E-state index in [1.54, 1.807) is 12.1 Å². The van der Waals surface area contributed by atoms with Crippen LogP contribution in [0.25, 0.3) is 0 Å². The van der Waals surface area contributed by atoms with Gasteiger partial charge in [-0.15, -0.1) is 13.2 Å². The third kappa shape index (κ3) is 11.4. The topological polar surface area (TPSA) is 139 Å². The highest BCUT2D eigenvalue weighted by Gasteiger charge is 2.43. The van der Waals surface area contributed by atoms with Crippen LogP contribution in [0, 0.1) is 5.92 Å². The van der Waals surface area contributed by atoms with Gasteiger partial charge in [0.25, 0.3) is 0 Å². The van der Waals surface area contributed by atoms with Crippen LogP contribution in [0.2, 0.25) is 0 Å². The summed E-state index contributed by atoms with van der Waals surface area (Å²) in [7, 11) is 0. The molecular formula is C22H28F9N3O5. The number of carboxylic acid groups (broad SMARTS) is 2. The second-order valence-corrected chi connectivity index (χ2v) is 8.90. The standard InChI is InChI=1S/C18H26F3N3O.2C2HF3O2/c19-18(20,21)25-15-8-6-14(7-9-15)24-11-3-4-13(12-24)17(23)10-2-1-5-16(17)22;2*3-2(4,5)1(6)7/h6-9,13,16H,1-5,10-12,22-23H2;2*(H,6,7)/t13-,16?,17?;;/m0../s1. The van der Waals surface area contributed by atoms with E-state index in [1.807, 2.05) is 0 Å². The Balaban J connectivity index is 0.000000449. The van der Waals surface area contributed by atoms with Crippen molar-refractivity contribution in [3.05, 3.63) is 24.3 Å². The second-order valence-electron chi connectivity index (χ2n) is 8.90. The number of anilines is 1. The average Bonchev–Trinajstić information content (AvgIpc) is 2.80. The van der Waals surface area contributed by atoms with Gasteiger partial charge in [0.2, 0.25) is 0 Å². The molecule has 224 valence electrons. The molecule has 0 radical (unpaired) electrons. The summed E-state index contributed by atoms with van der Waals surface area (Å²) in [5, 5.41) is 14.2. The van der Waals surface area contributed by atoms with E-state index in [0.717, 1.165) is 57.3 Å². The van der Waals surface area contributed by atoms with Crippen molar-refractivity contribution in [2.45, 2.75) is 68.8 Å². The van der Waals surface area contributed by atoms with Crippen molar-refractivity contribution in [3.8, 4) is 5.75 Å². The van der Waals surface area contributed by atoms with Crippen LogP contribution in [0.3, 0.4) is 0 Å². The molecule has 6 N–H and O–H groups in total. The molecule has 0 spiro atoms. The van der Waals surface area contributed by atoms with Crippen LogP contribution in [-0.2, 0) is 9.59 Å². The van der Waals surface area contributed by atoms with E-state index < -0.39 is 30.7 Å². The molecule has 1 heterocycles. The smallest absolute Gasteiger partial charge is 0.475 e. The number of rotatable bonds is 3. The number of benzene rings is 1. The molecule has 0 bridgehead atoms. The van der Waals surface area contributed by atoms with Crippen LogP contribution in [0.5, 0.6) is 5.75 Å². The van der Waals surface area contributed by atoms with E-state index in [9.17, 15) is 39.5 Å². The van der Waals surface area contributed by atoms with Crippen LogP contribution >= 0.6 is 0 Å². The first-order chi connectivity index (χ1) is 17.7. The van der Waals surface area contributed by atoms with Crippen LogP contribution in [-0.4, -0.2) is 65.5 Å². The lowest BCUT2D eigenvalue weighted by molar-refractivity contribution is -0.274. The molecule has 1 saturated heterocycles. The van der Waals surface area contributed by atoms with Gasteiger partial charge in [-0.3, -0.25) is 0 Å². The quantitative estimate of drug-likeness (QED) is 0.376. The molecule has 2 unspecified atom stereocenters. The number of nitrogens with two attached hydrogens (primary N) is 2. The molecule has 2 fully saturated rings. The van der Waals surface area contributed by atoms with Gasteiger partial charge in [-0.1, -0.05) is 12.8 Å². The molecule has 17 heteroatoms. The van der Waals surface area contributed by atoms with Gasteiger partial charge in [0.1, 0.15) is 5.75 Å². The fraction of sp³-hybridized carbons (Fsp3) is 0.636. The fourth-order valence-corrected chi connectivity index (χ4v) is 4.27. The van der Waals surface area contributed by atoms with Gasteiger partial charge >= 0.3 is 30.7 Å². The van der Waals surface area contributed by atoms with E-state index in [0.29, 0.717) is 5.92 Å². The van der Waals surface area contributed by atoms with Crippen molar-refractivity contribution in [1.29, 1.82) is 0 Å². The molecule has 3 atom stereocenters. The third-order valence-corrected chi connectivity index (χ3v) is 6.17. The van der Waals surface area contributed by atoms with Crippen molar-refractivity contribution in [2.75, 3.05) is 18.0 Å². The molecule has 3 rings (SSSR count). The van der Waals surface area contributed by atoms with Gasteiger partial charge in [0, 0.05) is 30.4 Å². The largest absolute Gasteiger partial charge is 0.573 e. The summed E-state index contributed by atoms with van der Waals surface area (Å²) in [6.07, 6.45) is -8.60. The Morgan fingerprint density at radius 2 is 1.36 bits per heavy atom. The van der Waals surface area contributed by atoms with Crippen LogP contribution < -0.4 is 21.1 Å². The van der Waals surface area contributed by atoms with Crippen molar-refractivity contribution >= 4 is 17.6 Å². The van der Waals surface area contributed by atoms with Crippen LogP contribution in [0.1, 0.15) is 38.5 Å². The molecular weight excluding hydrogens is 557 g/mol. The number of hydrogen-bond donors (Lipinski definition) is 4. The Bertz CT molecular complexity index is 915. The van der Waals surface area contributed by atoms with E-state index in [1.165, 1.54) is 12.1 Å². The highest BCUT2D eigenvalue weighted by atomic mass is 19.4. The summed E-state index contributed by atoms with van der Waals surface area (Å²) in [5.41, 5.74) is 13.6. The zero-order valence-electron chi connectivity index (χ0n) is 20.2. The summed E-state index contributed by atoms with van der Waals surface area (Å²) >= 11 is 0. The monoisotopic (exact) mass is 585 g/mol. The number of carboxylic acids is 2. The van der Waals surface area contributed by atoms with Gasteiger partial charge < -0.3 is 31.3 Å². The first-order valence-corrected chi connectivity index (χ1v) is 11.4. The minimum Gasteiger partial charge on any atom is -0.475 e. The molecule has 0 aromatic heterocycles. The third-order valence-electron chi connectivity index (χ3n) is 6.17. The summed E-state index contributed by atoms with van der Waals surface area (Å²) in [4.78, 5) is 20.0. The maximum atomic E-state index is 12.3. The first kappa shape index (κ1) is 34.1. The first-order valence-electron chi connectivity index (χ1n) is 11.4. The molecule has 1 aliphatic carbocycles. The highest BCUT2D eigenvalue weighted by molar-refractivity contribution is 5.73. The second kappa shape index (κ2) is 13.4. The number of nitrogens with zero attached hydrogens (tertiary/aromatic N) is 1. The molecule has 1 aromatic rings. The van der Waals surface area contributed by atoms with E-state index in [4.69, 9.17) is 31.3 Å². The molecule has 2 aliphatic rings. The van der Waals surface area contributed by atoms with Crippen molar-refractivity contribution in [2.24, 2.45) is 17.4 Å². The predicted molar refractivity (Wildman–Crippen MR) is 119 cm³/mol. The maximum Gasteiger partial charge on any atom is 0.573 e. The van der Waals surface area contributed by atoms with E-state index >= 15 is 0 Å². The van der Waals surface area contributed by atoms with E-state index in [2.05, 4.69) is 9.64 Å². The Labute approximate surface area is 216 Å². The lowest BCUT2D eigenvalue weighted by Gasteiger charge is -2.49. The summed E-state index contributed by atoms with van der Waals surface area (Å²) in [6, 6.07) is 6.09. The van der Waals surface area contributed by atoms with Crippen LogP contribution in [0.4, 0.5) is 45.2 Å². The van der Waals surface area contributed by atoms with Gasteiger partial charge in [0.15, 0.2) is 0 Å². The number of ether oxygens (including phenoxy) is 1. The summed E-state index contributed by atoms with van der Waals surface area (Å²) in [6.45, 7) is 1.67. The molecule has 0 amide bonds. The number of alkyl halides is 9. The maximum absolute atomic E-state index is 12.3. The fourth-order valence-electron chi connectivity index (χ4n) is 4.27. The van der Waals surface area contributed by atoms with Gasteiger partial charge in [-0.2, -0.15) is 26.3 Å². The molecule has 1 aliphatic heterocycles. The normalized spacial score (nSPS) is 23.9. The number of aliphatic carboxylic acids is 2. The SMILES string of the molecule is NC1CCCCC1(N)[C@H]1CCCN(c2ccc(OC(F)(F)F)cc2)C1.O=C(O)C(F)(F)F.O=C(O)C(F)(F)F. The Morgan fingerprint density at radius 1 is 0.872 bits per heavy atom. The minimum atomic E-state index is -5.08. The average molecular weight is 585 g/mol. The summed E-state index contributed by atoms with van der Waals surface area (Å²) in [5.74, 6) is -5.41. The molecule has 39 heavy (non-hydrogen) atoms. The lowest BCUT2D eigenvalue weighted by Crippen LogP contribution is -2.64. The van der Waals surface area contributed by atoms with Gasteiger partial charge in [0.05, 0.1) is 0 Å². The van der Waals surface area contributed by atoms with Gasteiger partial charge in [-0.05, 0) is 55.9 Å². The molecule has 1 saturated carbocycles. The van der Waals surface area contributed by atoms with Crippen LogP contribution in [0.15, 0.2) is 24.3 Å². The number of piperidine rings is 1. The zero-order valence-corrected chi connectivity index (χ0v) is 20.2. The minimum absolute atomic E-state index is 0.0220.